The van der Waals surface area contributed by atoms with Gasteiger partial charge in [0.05, 0.1) is 26.8 Å². The number of nitrogen functional groups attached to an aromatic ring is 1. The number of nitrogens with one attached hydrogen (secondary N) is 2. The van der Waals surface area contributed by atoms with Gasteiger partial charge in [-0.2, -0.15) is 5.21 Å². The summed E-state index contributed by atoms with van der Waals surface area (Å²) >= 11 is 12.1. The minimum absolute atomic E-state index is 0. The first-order valence-corrected chi connectivity index (χ1v) is 10.3. The molecule has 0 spiro atoms. The Balaban J connectivity index is 0.000000224. The minimum Gasteiger partial charge on any atom is -0.450 e. The molecule has 0 unspecified atom stereocenters. The van der Waals surface area contributed by atoms with Crippen LogP contribution in [0.15, 0.2) is 51.7 Å². The van der Waals surface area contributed by atoms with Crippen molar-refractivity contribution in [2.24, 2.45) is 0 Å². The number of tetrazole rings is 1. The van der Waals surface area contributed by atoms with Gasteiger partial charge in [-0.05, 0) is 29.5 Å². The molecule has 0 saturated carbocycles. The van der Waals surface area contributed by atoms with Crippen molar-refractivity contribution < 1.29 is 4.42 Å². The van der Waals surface area contributed by atoms with E-state index in [1.165, 1.54) is 6.07 Å². The maximum atomic E-state index is 11.8. The Morgan fingerprint density at radius 3 is 2.48 bits per heavy atom. The molecule has 13 heteroatoms. The number of fused-ring (bicyclic) bond motifs is 1. The third kappa shape index (κ3) is 6.07. The molecular formula is C20H21Cl4N7O2. The van der Waals surface area contributed by atoms with Gasteiger partial charge in [0.15, 0.2) is 16.8 Å². The fourth-order valence-corrected chi connectivity index (χ4v) is 3.63. The van der Waals surface area contributed by atoms with E-state index < -0.39 is 0 Å². The summed E-state index contributed by atoms with van der Waals surface area (Å²) < 4.78 is 5.51. The first-order valence-electron chi connectivity index (χ1n) is 9.50. The first kappa shape index (κ1) is 26.7. The standard InChI is InChI=1S/C10H12Cl2N2.C10H7N5O2.2ClH/c11-8-2-1-3-9(10(8)12)14-6-4-13-5-7-14;11-6-3-1-2-5-7(16)4-8(17-9(5)6)10-12-14-15-13-10;;/h1-3,13H,4-7H2;1-4H,11H2,(H,12,13,14,15);2*1H. The molecule has 9 nitrogen and oxygen atoms in total. The number of nitrogens with two attached hydrogens (primary N) is 1. The van der Waals surface area contributed by atoms with E-state index in [0.717, 1.165) is 31.9 Å². The van der Waals surface area contributed by atoms with Crippen LogP contribution < -0.4 is 21.4 Å². The highest BCUT2D eigenvalue weighted by Crippen LogP contribution is 2.32. The second-order valence-electron chi connectivity index (χ2n) is 6.74. The summed E-state index contributed by atoms with van der Waals surface area (Å²) in [5.74, 6) is 0.446. The van der Waals surface area contributed by atoms with Gasteiger partial charge in [-0.15, -0.1) is 35.0 Å². The van der Waals surface area contributed by atoms with E-state index in [-0.39, 0.29) is 41.8 Å². The quantitative estimate of drug-likeness (QED) is 0.333. The van der Waals surface area contributed by atoms with Crippen molar-refractivity contribution in [1.82, 2.24) is 25.9 Å². The number of halogens is 4. The van der Waals surface area contributed by atoms with Crippen molar-refractivity contribution in [3.05, 3.63) is 62.7 Å². The zero-order valence-corrected chi connectivity index (χ0v) is 20.3. The second-order valence-corrected chi connectivity index (χ2v) is 7.53. The smallest absolute Gasteiger partial charge is 0.239 e. The number of aromatic amines is 1. The predicted molar refractivity (Wildman–Crippen MR) is 136 cm³/mol. The van der Waals surface area contributed by atoms with E-state index in [0.29, 0.717) is 26.7 Å². The normalized spacial score (nSPS) is 12.8. The van der Waals surface area contributed by atoms with E-state index in [1.807, 2.05) is 18.2 Å². The number of rotatable bonds is 2. The zero-order chi connectivity index (χ0) is 21.8. The largest absolute Gasteiger partial charge is 0.450 e. The Morgan fingerprint density at radius 2 is 1.79 bits per heavy atom. The number of benzene rings is 2. The Hall–Kier alpha value is -2.56. The van der Waals surface area contributed by atoms with E-state index in [9.17, 15) is 4.79 Å². The molecule has 2 aromatic carbocycles. The van der Waals surface area contributed by atoms with Crippen LogP contribution in [0.25, 0.3) is 22.6 Å². The number of aromatic nitrogens is 4. The molecule has 0 aliphatic carbocycles. The summed E-state index contributed by atoms with van der Waals surface area (Å²) in [4.78, 5) is 14.1. The molecule has 4 aromatic rings. The van der Waals surface area contributed by atoms with Crippen LogP contribution in [0.1, 0.15) is 0 Å². The van der Waals surface area contributed by atoms with Gasteiger partial charge in [-0.25, -0.2) is 0 Å². The van der Waals surface area contributed by atoms with Crippen LogP contribution in [-0.4, -0.2) is 46.8 Å². The van der Waals surface area contributed by atoms with Gasteiger partial charge in [-0.3, -0.25) is 4.79 Å². The van der Waals surface area contributed by atoms with Gasteiger partial charge in [0, 0.05) is 32.2 Å². The number of piperazine rings is 1. The predicted octanol–water partition coefficient (Wildman–Crippen LogP) is 3.80. The summed E-state index contributed by atoms with van der Waals surface area (Å²) in [7, 11) is 0. The average Bonchev–Trinajstić information content (AvgIpc) is 3.32. The van der Waals surface area contributed by atoms with Crippen LogP contribution in [0.3, 0.4) is 0 Å². The lowest BCUT2D eigenvalue weighted by Crippen LogP contribution is -2.43. The van der Waals surface area contributed by atoms with E-state index >= 15 is 0 Å². The van der Waals surface area contributed by atoms with Gasteiger partial charge in [0.25, 0.3) is 0 Å². The van der Waals surface area contributed by atoms with Crippen molar-refractivity contribution in [2.75, 3.05) is 36.8 Å². The molecule has 1 aliphatic heterocycles. The van der Waals surface area contributed by atoms with Crippen molar-refractivity contribution >= 4 is 70.4 Å². The Labute approximate surface area is 211 Å². The maximum Gasteiger partial charge on any atom is 0.239 e. The first-order chi connectivity index (χ1) is 15.0. The molecular weight excluding hydrogens is 512 g/mol. The highest BCUT2D eigenvalue weighted by Gasteiger charge is 2.14. The second kappa shape index (κ2) is 12.1. The van der Waals surface area contributed by atoms with Crippen LogP contribution in [0.5, 0.6) is 0 Å². The zero-order valence-electron chi connectivity index (χ0n) is 17.1. The lowest BCUT2D eigenvalue weighted by atomic mass is 10.2. The summed E-state index contributed by atoms with van der Waals surface area (Å²) in [6.07, 6.45) is 0. The van der Waals surface area contributed by atoms with Crippen LogP contribution >= 0.6 is 48.0 Å². The molecule has 3 heterocycles. The van der Waals surface area contributed by atoms with Crippen LogP contribution in [0, 0.1) is 0 Å². The number of nitrogens with zero attached hydrogens (tertiary/aromatic N) is 4. The van der Waals surface area contributed by atoms with Crippen LogP contribution in [0.2, 0.25) is 10.0 Å². The average molecular weight is 533 g/mol. The van der Waals surface area contributed by atoms with E-state index in [2.05, 4.69) is 30.8 Å². The highest BCUT2D eigenvalue weighted by molar-refractivity contribution is 6.43. The summed E-state index contributed by atoms with van der Waals surface area (Å²) in [5, 5.41) is 18.2. The molecule has 0 amide bonds. The Bertz CT molecular complexity index is 1250. The number of para-hydroxylation sites is 1. The minimum atomic E-state index is -0.196. The number of hydrogen-bond acceptors (Lipinski definition) is 8. The fraction of sp³-hybridized carbons (Fsp3) is 0.200. The monoisotopic (exact) mass is 531 g/mol. The lowest BCUT2D eigenvalue weighted by Gasteiger charge is -2.30. The summed E-state index contributed by atoms with van der Waals surface area (Å²) in [6.45, 7) is 3.98. The molecule has 176 valence electrons. The Morgan fingerprint density at radius 1 is 1.06 bits per heavy atom. The van der Waals surface area contributed by atoms with Crippen molar-refractivity contribution in [1.29, 1.82) is 0 Å². The fourth-order valence-electron chi connectivity index (χ4n) is 3.22. The molecule has 0 bridgehead atoms. The highest BCUT2D eigenvalue weighted by atomic mass is 35.5. The molecule has 1 fully saturated rings. The van der Waals surface area contributed by atoms with Crippen LogP contribution in [0.4, 0.5) is 11.4 Å². The molecule has 1 aliphatic rings. The molecule has 33 heavy (non-hydrogen) atoms. The van der Waals surface area contributed by atoms with Crippen molar-refractivity contribution in [3.8, 4) is 11.6 Å². The summed E-state index contributed by atoms with van der Waals surface area (Å²) in [6, 6.07) is 12.1. The van der Waals surface area contributed by atoms with Gasteiger partial charge in [0.1, 0.15) is 0 Å². The lowest BCUT2D eigenvalue weighted by molar-refractivity contribution is 0.589. The molecule has 0 atom stereocenters. The summed E-state index contributed by atoms with van der Waals surface area (Å²) in [5.41, 5.74) is 7.32. The molecule has 4 N–H and O–H groups in total. The van der Waals surface area contributed by atoms with Crippen molar-refractivity contribution in [3.63, 3.8) is 0 Å². The number of anilines is 2. The molecule has 2 aromatic heterocycles. The third-order valence-electron chi connectivity index (χ3n) is 4.74. The van der Waals surface area contributed by atoms with E-state index in [1.54, 1.807) is 18.2 Å². The van der Waals surface area contributed by atoms with Crippen LogP contribution in [-0.2, 0) is 0 Å². The maximum absolute atomic E-state index is 11.8. The van der Waals surface area contributed by atoms with Gasteiger partial charge >= 0.3 is 0 Å². The number of hydrogen-bond donors (Lipinski definition) is 3. The third-order valence-corrected chi connectivity index (χ3v) is 5.55. The molecule has 5 rings (SSSR count). The number of H-pyrrole nitrogens is 1. The molecule has 1 saturated heterocycles. The van der Waals surface area contributed by atoms with Gasteiger partial charge < -0.3 is 20.4 Å². The van der Waals surface area contributed by atoms with Gasteiger partial charge in [-0.1, -0.05) is 35.3 Å². The van der Waals surface area contributed by atoms with Crippen molar-refractivity contribution in [2.45, 2.75) is 0 Å². The van der Waals surface area contributed by atoms with Gasteiger partial charge in [0.2, 0.25) is 5.82 Å². The topological polar surface area (TPSA) is 126 Å². The molecule has 0 radical (unpaired) electrons. The Kier molecular flexibility index (Phi) is 9.75. The van der Waals surface area contributed by atoms with E-state index in [4.69, 9.17) is 33.4 Å². The SMILES string of the molecule is Cl.Cl.Clc1cccc(N2CCNCC2)c1Cl.Nc1cccc2c(=O)cc(-c3nn[nH]n3)oc12.